The Morgan fingerprint density at radius 1 is 1.42 bits per heavy atom. The van der Waals surface area contributed by atoms with Crippen molar-refractivity contribution < 1.29 is 4.79 Å². The molecule has 2 aromatic rings. The normalized spacial score (nSPS) is 20.0. The predicted molar refractivity (Wildman–Crippen MR) is 75.2 cm³/mol. The van der Waals surface area contributed by atoms with Gasteiger partial charge in [0.05, 0.1) is 11.7 Å². The second kappa shape index (κ2) is 4.57. The van der Waals surface area contributed by atoms with Crippen molar-refractivity contribution in [3.8, 4) is 0 Å². The summed E-state index contributed by atoms with van der Waals surface area (Å²) in [5, 5.41) is 8.24. The van der Waals surface area contributed by atoms with E-state index in [4.69, 9.17) is 0 Å². The van der Waals surface area contributed by atoms with E-state index < -0.39 is 0 Å². The van der Waals surface area contributed by atoms with Crippen LogP contribution in [0.3, 0.4) is 0 Å². The van der Waals surface area contributed by atoms with Crippen molar-refractivity contribution in [2.75, 3.05) is 24.5 Å². The Kier molecular flexibility index (Phi) is 2.89. The van der Waals surface area contributed by atoms with Gasteiger partial charge in [-0.15, -0.1) is 0 Å². The van der Waals surface area contributed by atoms with Crippen molar-refractivity contribution in [3.63, 3.8) is 0 Å². The van der Waals surface area contributed by atoms with Crippen LogP contribution in [0.2, 0.25) is 0 Å². The Balaban J connectivity index is 1.88. The number of amides is 1. The van der Waals surface area contributed by atoms with Crippen LogP contribution in [-0.4, -0.2) is 46.7 Å². The Morgan fingerprint density at radius 2 is 2.26 bits per heavy atom. The van der Waals surface area contributed by atoms with Gasteiger partial charge in [-0.05, 0) is 19.1 Å². The number of aromatic amines is 1. The largest absolute Gasteiger partial charge is 0.367 e. The smallest absolute Gasteiger partial charge is 0.219 e. The molecule has 1 amide bonds. The van der Waals surface area contributed by atoms with Crippen LogP contribution in [0.4, 0.5) is 5.69 Å². The molecule has 0 spiro atoms. The highest BCUT2D eigenvalue weighted by Crippen LogP contribution is 2.27. The summed E-state index contributed by atoms with van der Waals surface area (Å²) in [4.78, 5) is 15.8. The first-order valence-corrected chi connectivity index (χ1v) is 6.61. The number of nitrogens with zero attached hydrogens (tertiary/aromatic N) is 3. The van der Waals surface area contributed by atoms with E-state index in [0.29, 0.717) is 0 Å². The Bertz CT molecular complexity index is 606. The van der Waals surface area contributed by atoms with E-state index in [0.717, 1.165) is 30.5 Å². The third-order valence-corrected chi connectivity index (χ3v) is 3.83. The van der Waals surface area contributed by atoms with Gasteiger partial charge < -0.3 is 9.80 Å². The van der Waals surface area contributed by atoms with Crippen LogP contribution in [-0.2, 0) is 4.79 Å². The summed E-state index contributed by atoms with van der Waals surface area (Å²) in [6.45, 7) is 6.26. The van der Waals surface area contributed by atoms with E-state index in [2.05, 4.69) is 28.1 Å². The number of nitrogens with one attached hydrogen (secondary N) is 1. The first-order valence-electron chi connectivity index (χ1n) is 6.61. The number of carbonyl (C=O) groups excluding carboxylic acids is 1. The average molecular weight is 258 g/mol. The van der Waals surface area contributed by atoms with E-state index in [-0.39, 0.29) is 11.9 Å². The van der Waals surface area contributed by atoms with Gasteiger partial charge in [-0.3, -0.25) is 9.89 Å². The lowest BCUT2D eigenvalue weighted by Gasteiger charge is -2.40. The Hall–Kier alpha value is -2.04. The van der Waals surface area contributed by atoms with E-state index in [1.54, 1.807) is 6.92 Å². The number of hydrogen-bond acceptors (Lipinski definition) is 3. The number of rotatable bonds is 1. The maximum Gasteiger partial charge on any atom is 0.219 e. The summed E-state index contributed by atoms with van der Waals surface area (Å²) in [5.74, 6) is 0.161. The molecule has 0 radical (unpaired) electrons. The van der Waals surface area contributed by atoms with Crippen LogP contribution in [0.25, 0.3) is 10.9 Å². The Morgan fingerprint density at radius 3 is 3.00 bits per heavy atom. The molecule has 1 aliphatic rings. The van der Waals surface area contributed by atoms with E-state index in [1.807, 2.05) is 23.2 Å². The minimum absolute atomic E-state index is 0.161. The summed E-state index contributed by atoms with van der Waals surface area (Å²) in [7, 11) is 0. The molecule has 1 aromatic carbocycles. The van der Waals surface area contributed by atoms with Gasteiger partial charge in [-0.2, -0.15) is 5.10 Å². The maximum absolute atomic E-state index is 11.5. The number of H-pyrrole nitrogens is 1. The minimum atomic E-state index is 0.161. The number of anilines is 1. The van der Waals surface area contributed by atoms with Crippen molar-refractivity contribution in [1.82, 2.24) is 15.1 Å². The van der Waals surface area contributed by atoms with Crippen molar-refractivity contribution in [2.45, 2.75) is 19.9 Å². The standard InChI is InChI=1S/C14H18N4O/c1-10-9-17(6-7-18(10)11(2)19)14-5-3-4-13-12(14)8-15-16-13/h3-5,8,10H,6-7,9H2,1-2H3,(H,15,16). The lowest BCUT2D eigenvalue weighted by atomic mass is 10.1. The van der Waals surface area contributed by atoms with Gasteiger partial charge in [0.15, 0.2) is 0 Å². The van der Waals surface area contributed by atoms with Crippen LogP contribution in [0.1, 0.15) is 13.8 Å². The zero-order chi connectivity index (χ0) is 13.4. The molecule has 1 N–H and O–H groups in total. The number of piperazine rings is 1. The summed E-state index contributed by atoms with van der Waals surface area (Å²) >= 11 is 0. The highest BCUT2D eigenvalue weighted by Gasteiger charge is 2.26. The van der Waals surface area contributed by atoms with Crippen molar-refractivity contribution in [2.24, 2.45) is 0 Å². The molecule has 0 bridgehead atoms. The van der Waals surface area contributed by atoms with Crippen LogP contribution < -0.4 is 4.90 Å². The number of benzene rings is 1. The topological polar surface area (TPSA) is 52.2 Å². The molecule has 1 unspecified atom stereocenters. The number of carbonyl (C=O) groups is 1. The molecule has 3 rings (SSSR count). The summed E-state index contributed by atoms with van der Waals surface area (Å²) < 4.78 is 0. The van der Waals surface area contributed by atoms with Gasteiger partial charge in [0, 0.05) is 43.7 Å². The molecule has 1 aliphatic heterocycles. The first-order chi connectivity index (χ1) is 9.16. The molecule has 0 aliphatic carbocycles. The van der Waals surface area contributed by atoms with E-state index in [9.17, 15) is 4.79 Å². The van der Waals surface area contributed by atoms with E-state index in [1.165, 1.54) is 5.69 Å². The molecule has 1 fully saturated rings. The second-order valence-electron chi connectivity index (χ2n) is 5.12. The molecule has 0 saturated carbocycles. The molecular formula is C14H18N4O. The monoisotopic (exact) mass is 258 g/mol. The first kappa shape index (κ1) is 12.0. The maximum atomic E-state index is 11.5. The zero-order valence-corrected chi connectivity index (χ0v) is 11.3. The number of hydrogen-bond donors (Lipinski definition) is 1. The van der Waals surface area contributed by atoms with Crippen molar-refractivity contribution in [1.29, 1.82) is 0 Å². The molecule has 100 valence electrons. The molecular weight excluding hydrogens is 240 g/mol. The number of aromatic nitrogens is 2. The third kappa shape index (κ3) is 2.05. The van der Waals surface area contributed by atoms with E-state index >= 15 is 0 Å². The lowest BCUT2D eigenvalue weighted by Crippen LogP contribution is -2.53. The van der Waals surface area contributed by atoms with Crippen molar-refractivity contribution >= 4 is 22.5 Å². The van der Waals surface area contributed by atoms with Crippen LogP contribution >= 0.6 is 0 Å². The van der Waals surface area contributed by atoms with Gasteiger partial charge >= 0.3 is 0 Å². The fraction of sp³-hybridized carbons (Fsp3) is 0.429. The van der Waals surface area contributed by atoms with Gasteiger partial charge in [0.2, 0.25) is 5.91 Å². The molecule has 1 saturated heterocycles. The zero-order valence-electron chi connectivity index (χ0n) is 11.3. The summed E-state index contributed by atoms with van der Waals surface area (Å²) in [5.41, 5.74) is 2.25. The molecule has 2 heterocycles. The highest BCUT2D eigenvalue weighted by molar-refractivity contribution is 5.91. The Labute approximate surface area is 112 Å². The summed E-state index contributed by atoms with van der Waals surface area (Å²) in [6.07, 6.45) is 1.87. The molecule has 19 heavy (non-hydrogen) atoms. The average Bonchev–Trinajstić information content (AvgIpc) is 2.86. The molecule has 5 heteroatoms. The molecule has 1 atom stereocenters. The lowest BCUT2D eigenvalue weighted by molar-refractivity contribution is -0.131. The van der Waals surface area contributed by atoms with Gasteiger partial charge in [-0.1, -0.05) is 6.07 Å². The van der Waals surface area contributed by atoms with Crippen molar-refractivity contribution in [3.05, 3.63) is 24.4 Å². The second-order valence-corrected chi connectivity index (χ2v) is 5.12. The quantitative estimate of drug-likeness (QED) is 0.845. The van der Waals surface area contributed by atoms with Gasteiger partial charge in [-0.25, -0.2) is 0 Å². The number of fused-ring (bicyclic) bond motifs is 1. The predicted octanol–water partition coefficient (Wildman–Crippen LogP) is 1.62. The van der Waals surface area contributed by atoms with Crippen LogP contribution in [0.5, 0.6) is 0 Å². The van der Waals surface area contributed by atoms with Gasteiger partial charge in [0.1, 0.15) is 0 Å². The third-order valence-electron chi connectivity index (χ3n) is 3.83. The van der Waals surface area contributed by atoms with Crippen LogP contribution in [0, 0.1) is 0 Å². The minimum Gasteiger partial charge on any atom is -0.367 e. The fourth-order valence-corrected chi connectivity index (χ4v) is 2.87. The SMILES string of the molecule is CC(=O)N1CCN(c2cccc3[nH]ncc23)CC1C. The highest BCUT2D eigenvalue weighted by atomic mass is 16.2. The van der Waals surface area contributed by atoms with Gasteiger partial charge in [0.25, 0.3) is 0 Å². The van der Waals surface area contributed by atoms with Crippen LogP contribution in [0.15, 0.2) is 24.4 Å². The summed E-state index contributed by atoms with van der Waals surface area (Å²) in [6, 6.07) is 6.43. The fourth-order valence-electron chi connectivity index (χ4n) is 2.87. The molecule has 1 aromatic heterocycles. The molecule has 5 nitrogen and oxygen atoms in total.